The van der Waals surface area contributed by atoms with Gasteiger partial charge < -0.3 is 9.72 Å². The molecule has 0 aliphatic carbocycles. The molecule has 82 valence electrons. The molecule has 1 aromatic carbocycles. The summed E-state index contributed by atoms with van der Waals surface area (Å²) in [6, 6.07) is 4.25. The fraction of sp³-hybridized carbons (Fsp3) is 0.100. The van der Waals surface area contributed by atoms with Crippen LogP contribution >= 0.6 is 0 Å². The van der Waals surface area contributed by atoms with E-state index in [9.17, 15) is 14.9 Å². The Morgan fingerprint density at radius 2 is 2.25 bits per heavy atom. The molecule has 0 unspecified atom stereocenters. The largest absolute Gasteiger partial charge is 0.465 e. The number of carbonyl (C=O) groups excluding carboxylic acids is 1. The molecular weight excluding hydrogens is 212 g/mol. The number of nitrogens with one attached hydrogen (secondary N) is 1. The van der Waals surface area contributed by atoms with Gasteiger partial charge in [0.2, 0.25) is 0 Å². The van der Waals surface area contributed by atoms with Crippen LogP contribution in [0.15, 0.2) is 24.4 Å². The lowest BCUT2D eigenvalue weighted by molar-refractivity contribution is -0.384. The van der Waals surface area contributed by atoms with Crippen molar-refractivity contribution in [2.45, 2.75) is 0 Å². The fourth-order valence-corrected chi connectivity index (χ4v) is 1.51. The van der Waals surface area contributed by atoms with Crippen molar-refractivity contribution in [2.24, 2.45) is 0 Å². The number of rotatable bonds is 2. The molecule has 0 saturated carbocycles. The zero-order valence-corrected chi connectivity index (χ0v) is 8.39. The maximum absolute atomic E-state index is 11.3. The summed E-state index contributed by atoms with van der Waals surface area (Å²) < 4.78 is 4.59. The standard InChI is InChI=1S/C10H8N2O4/c1-16-10(13)8-5-11-9-4-6(12(14)15)2-3-7(8)9/h2-5,11H,1H3. The minimum Gasteiger partial charge on any atom is -0.465 e. The molecule has 0 aliphatic rings. The molecule has 1 aromatic heterocycles. The first-order valence-electron chi connectivity index (χ1n) is 4.47. The van der Waals surface area contributed by atoms with Gasteiger partial charge in [-0.1, -0.05) is 0 Å². The number of benzene rings is 1. The number of esters is 1. The molecule has 2 rings (SSSR count). The van der Waals surface area contributed by atoms with E-state index in [1.54, 1.807) is 0 Å². The molecule has 1 heterocycles. The lowest BCUT2D eigenvalue weighted by Crippen LogP contribution is -1.99. The van der Waals surface area contributed by atoms with E-state index < -0.39 is 10.9 Å². The third kappa shape index (κ3) is 1.50. The highest BCUT2D eigenvalue weighted by atomic mass is 16.6. The number of nitrogens with zero attached hydrogens (tertiary/aromatic N) is 1. The second kappa shape index (κ2) is 3.65. The Morgan fingerprint density at radius 3 is 2.88 bits per heavy atom. The molecule has 6 nitrogen and oxygen atoms in total. The Labute approximate surface area is 90.0 Å². The number of nitro benzene ring substituents is 1. The van der Waals surface area contributed by atoms with Crippen LogP contribution in [0.25, 0.3) is 10.9 Å². The summed E-state index contributed by atoms with van der Waals surface area (Å²) in [6.07, 6.45) is 1.47. The van der Waals surface area contributed by atoms with Gasteiger partial charge in [-0.05, 0) is 6.07 Å². The SMILES string of the molecule is COC(=O)c1c[nH]c2cc([N+](=O)[O-])ccc12. The molecule has 1 N–H and O–H groups in total. The van der Waals surface area contributed by atoms with Crippen molar-refractivity contribution in [3.05, 3.63) is 40.1 Å². The van der Waals surface area contributed by atoms with Crippen LogP contribution in [0.4, 0.5) is 5.69 Å². The van der Waals surface area contributed by atoms with Crippen LogP contribution in [-0.2, 0) is 4.74 Å². The normalized spacial score (nSPS) is 10.3. The van der Waals surface area contributed by atoms with E-state index in [1.165, 1.54) is 31.5 Å². The Morgan fingerprint density at radius 1 is 1.50 bits per heavy atom. The minimum absolute atomic E-state index is 0.0224. The van der Waals surface area contributed by atoms with Gasteiger partial charge in [-0.15, -0.1) is 0 Å². The second-order valence-corrected chi connectivity index (χ2v) is 3.18. The molecule has 6 heteroatoms. The monoisotopic (exact) mass is 220 g/mol. The van der Waals surface area contributed by atoms with E-state index in [4.69, 9.17) is 0 Å². The molecule has 0 aliphatic heterocycles. The van der Waals surface area contributed by atoms with Gasteiger partial charge in [0.1, 0.15) is 0 Å². The Balaban J connectivity index is 2.59. The molecule has 0 spiro atoms. The molecule has 0 saturated heterocycles. The van der Waals surface area contributed by atoms with Crippen LogP contribution in [0.1, 0.15) is 10.4 Å². The highest BCUT2D eigenvalue weighted by molar-refractivity contribution is 6.04. The number of aromatic amines is 1. The first-order valence-corrected chi connectivity index (χ1v) is 4.47. The topological polar surface area (TPSA) is 85.2 Å². The summed E-state index contributed by atoms with van der Waals surface area (Å²) in [7, 11) is 1.28. The Kier molecular flexibility index (Phi) is 2.32. The van der Waals surface area contributed by atoms with E-state index in [0.717, 1.165) is 0 Å². The third-order valence-corrected chi connectivity index (χ3v) is 2.28. The van der Waals surface area contributed by atoms with E-state index in [1.807, 2.05) is 0 Å². The summed E-state index contributed by atoms with van der Waals surface area (Å²) in [6.45, 7) is 0. The summed E-state index contributed by atoms with van der Waals surface area (Å²) in [4.78, 5) is 24.2. The van der Waals surface area contributed by atoms with Gasteiger partial charge in [-0.25, -0.2) is 4.79 Å². The van der Waals surface area contributed by atoms with E-state index in [0.29, 0.717) is 16.5 Å². The second-order valence-electron chi connectivity index (χ2n) is 3.18. The first-order chi connectivity index (χ1) is 7.63. The summed E-state index contributed by atoms with van der Waals surface area (Å²) in [5.41, 5.74) is 0.882. The van der Waals surface area contributed by atoms with Crippen molar-refractivity contribution >= 4 is 22.6 Å². The quantitative estimate of drug-likeness (QED) is 0.475. The van der Waals surface area contributed by atoms with Crippen LogP contribution < -0.4 is 0 Å². The van der Waals surface area contributed by atoms with Gasteiger partial charge in [0.15, 0.2) is 0 Å². The average Bonchev–Trinajstić information content (AvgIpc) is 2.70. The summed E-state index contributed by atoms with van der Waals surface area (Å²) >= 11 is 0. The number of hydrogen-bond acceptors (Lipinski definition) is 4. The van der Waals surface area contributed by atoms with Gasteiger partial charge in [0.25, 0.3) is 5.69 Å². The maximum atomic E-state index is 11.3. The number of carbonyl (C=O) groups is 1. The lowest BCUT2D eigenvalue weighted by Gasteiger charge is -1.96. The summed E-state index contributed by atoms with van der Waals surface area (Å²) in [5.74, 6) is -0.472. The van der Waals surface area contributed by atoms with Crippen molar-refractivity contribution in [3.8, 4) is 0 Å². The maximum Gasteiger partial charge on any atom is 0.340 e. The van der Waals surface area contributed by atoms with Crippen LogP contribution in [-0.4, -0.2) is 23.0 Å². The number of fused-ring (bicyclic) bond motifs is 1. The number of H-pyrrole nitrogens is 1. The number of methoxy groups -OCH3 is 1. The smallest absolute Gasteiger partial charge is 0.340 e. The predicted octanol–water partition coefficient (Wildman–Crippen LogP) is 1.86. The van der Waals surface area contributed by atoms with E-state index in [-0.39, 0.29) is 5.69 Å². The molecular formula is C10H8N2O4. The lowest BCUT2D eigenvalue weighted by atomic mass is 10.1. The van der Waals surface area contributed by atoms with Crippen LogP contribution in [0.2, 0.25) is 0 Å². The van der Waals surface area contributed by atoms with Gasteiger partial charge in [0.05, 0.1) is 23.1 Å². The number of nitro groups is 1. The summed E-state index contributed by atoms with van der Waals surface area (Å²) in [5, 5.41) is 11.2. The zero-order valence-electron chi connectivity index (χ0n) is 8.39. The Hall–Kier alpha value is -2.37. The average molecular weight is 220 g/mol. The molecule has 16 heavy (non-hydrogen) atoms. The predicted molar refractivity (Wildman–Crippen MR) is 56.3 cm³/mol. The molecule has 2 aromatic rings. The zero-order chi connectivity index (χ0) is 11.7. The van der Waals surface area contributed by atoms with Crippen LogP contribution in [0.5, 0.6) is 0 Å². The van der Waals surface area contributed by atoms with Crippen molar-refractivity contribution in [3.63, 3.8) is 0 Å². The van der Waals surface area contributed by atoms with Crippen molar-refractivity contribution < 1.29 is 14.5 Å². The van der Waals surface area contributed by atoms with Crippen molar-refractivity contribution in [1.82, 2.24) is 4.98 Å². The van der Waals surface area contributed by atoms with E-state index in [2.05, 4.69) is 9.72 Å². The molecule has 0 amide bonds. The molecule has 0 atom stereocenters. The molecule has 0 fully saturated rings. The van der Waals surface area contributed by atoms with E-state index >= 15 is 0 Å². The molecule has 0 radical (unpaired) electrons. The van der Waals surface area contributed by atoms with Gasteiger partial charge in [0, 0.05) is 23.7 Å². The van der Waals surface area contributed by atoms with Gasteiger partial charge in [-0.2, -0.15) is 0 Å². The number of hydrogen-bond donors (Lipinski definition) is 1. The fourth-order valence-electron chi connectivity index (χ4n) is 1.51. The van der Waals surface area contributed by atoms with Crippen molar-refractivity contribution in [1.29, 1.82) is 0 Å². The van der Waals surface area contributed by atoms with Crippen LogP contribution in [0.3, 0.4) is 0 Å². The third-order valence-electron chi connectivity index (χ3n) is 2.28. The molecule has 0 bridgehead atoms. The van der Waals surface area contributed by atoms with Gasteiger partial charge >= 0.3 is 5.97 Å². The minimum atomic E-state index is -0.488. The number of non-ortho nitro benzene ring substituents is 1. The Bertz CT molecular complexity index is 573. The van der Waals surface area contributed by atoms with Gasteiger partial charge in [-0.3, -0.25) is 10.1 Å². The van der Waals surface area contributed by atoms with Crippen molar-refractivity contribution in [2.75, 3.05) is 7.11 Å². The number of ether oxygens (including phenoxy) is 1. The highest BCUT2D eigenvalue weighted by Crippen LogP contribution is 2.23. The first kappa shape index (κ1) is 10.2. The van der Waals surface area contributed by atoms with Crippen LogP contribution in [0, 0.1) is 10.1 Å². The number of aromatic nitrogens is 1. The highest BCUT2D eigenvalue weighted by Gasteiger charge is 2.14.